The Hall–Kier alpha value is -1.58. The quantitative estimate of drug-likeness (QED) is 0.848. The molecule has 2 rings (SSSR count). The molecule has 1 fully saturated rings. The van der Waals surface area contributed by atoms with Crippen LogP contribution in [0.4, 0.5) is 5.69 Å². The highest BCUT2D eigenvalue weighted by Crippen LogP contribution is 2.23. The van der Waals surface area contributed by atoms with Gasteiger partial charge in [0.15, 0.2) is 0 Å². The predicted octanol–water partition coefficient (Wildman–Crippen LogP) is 2.80. The van der Waals surface area contributed by atoms with Crippen molar-refractivity contribution in [3.05, 3.63) is 24.0 Å². The van der Waals surface area contributed by atoms with E-state index in [1.54, 1.807) is 6.20 Å². The third kappa shape index (κ3) is 3.30. The van der Waals surface area contributed by atoms with Crippen LogP contribution in [0.3, 0.4) is 0 Å². The molecule has 1 aliphatic rings. The molecule has 0 unspecified atom stereocenters. The van der Waals surface area contributed by atoms with E-state index in [2.05, 4.69) is 16.8 Å². The SMILES string of the molecule is CCN(CC)C(=O)c1cc(N2CCC(C)CC2)ccn1. The van der Waals surface area contributed by atoms with Crippen LogP contribution in [0, 0.1) is 5.92 Å². The fourth-order valence-corrected chi connectivity index (χ4v) is 2.67. The van der Waals surface area contributed by atoms with Crippen LogP contribution in [-0.2, 0) is 0 Å². The average Bonchev–Trinajstić information content (AvgIpc) is 2.49. The van der Waals surface area contributed by atoms with Crippen molar-refractivity contribution in [3.63, 3.8) is 0 Å². The number of pyridine rings is 1. The molecule has 4 nitrogen and oxygen atoms in total. The van der Waals surface area contributed by atoms with Gasteiger partial charge >= 0.3 is 0 Å². The maximum absolute atomic E-state index is 12.3. The van der Waals surface area contributed by atoms with Crippen molar-refractivity contribution in [2.45, 2.75) is 33.6 Å². The van der Waals surface area contributed by atoms with Gasteiger partial charge in [-0.1, -0.05) is 6.92 Å². The number of hydrogen-bond donors (Lipinski definition) is 0. The third-order valence-electron chi connectivity index (χ3n) is 4.16. The van der Waals surface area contributed by atoms with Gasteiger partial charge in [-0.15, -0.1) is 0 Å². The highest BCUT2D eigenvalue weighted by Gasteiger charge is 2.19. The van der Waals surface area contributed by atoms with Crippen LogP contribution in [-0.4, -0.2) is 42.0 Å². The molecule has 1 aromatic heterocycles. The van der Waals surface area contributed by atoms with Crippen LogP contribution < -0.4 is 4.90 Å². The Balaban J connectivity index is 2.13. The lowest BCUT2D eigenvalue weighted by molar-refractivity contribution is 0.0767. The summed E-state index contributed by atoms with van der Waals surface area (Å²) in [6.45, 7) is 9.90. The van der Waals surface area contributed by atoms with Crippen LogP contribution in [0.1, 0.15) is 44.1 Å². The van der Waals surface area contributed by atoms with E-state index in [4.69, 9.17) is 0 Å². The van der Waals surface area contributed by atoms with Crippen molar-refractivity contribution >= 4 is 11.6 Å². The number of rotatable bonds is 4. The Morgan fingerprint density at radius 1 is 1.35 bits per heavy atom. The number of nitrogens with zero attached hydrogens (tertiary/aromatic N) is 3. The lowest BCUT2D eigenvalue weighted by atomic mass is 9.99. The normalized spacial score (nSPS) is 16.2. The molecule has 0 saturated carbocycles. The highest BCUT2D eigenvalue weighted by atomic mass is 16.2. The summed E-state index contributed by atoms with van der Waals surface area (Å²) in [6, 6.07) is 3.95. The molecule has 1 aromatic rings. The number of aromatic nitrogens is 1. The molecule has 0 bridgehead atoms. The zero-order valence-corrected chi connectivity index (χ0v) is 12.8. The molecular formula is C16H25N3O. The number of anilines is 1. The molecule has 0 aromatic carbocycles. The summed E-state index contributed by atoms with van der Waals surface area (Å²) in [7, 11) is 0. The Bertz CT molecular complexity index is 449. The van der Waals surface area contributed by atoms with Gasteiger partial charge in [0.1, 0.15) is 5.69 Å². The van der Waals surface area contributed by atoms with Crippen molar-refractivity contribution in [1.29, 1.82) is 0 Å². The van der Waals surface area contributed by atoms with Crippen molar-refractivity contribution < 1.29 is 4.79 Å². The van der Waals surface area contributed by atoms with Crippen molar-refractivity contribution in [2.24, 2.45) is 5.92 Å². The summed E-state index contributed by atoms with van der Waals surface area (Å²) < 4.78 is 0. The summed E-state index contributed by atoms with van der Waals surface area (Å²) in [5, 5.41) is 0. The molecule has 2 heterocycles. The first-order valence-corrected chi connectivity index (χ1v) is 7.66. The second-order valence-electron chi connectivity index (χ2n) is 5.55. The van der Waals surface area contributed by atoms with Gasteiger partial charge in [-0.3, -0.25) is 9.78 Å². The van der Waals surface area contributed by atoms with Gasteiger partial charge in [0.25, 0.3) is 5.91 Å². The van der Waals surface area contributed by atoms with Gasteiger partial charge in [0, 0.05) is 38.1 Å². The second kappa shape index (κ2) is 6.73. The Labute approximate surface area is 121 Å². The number of carbonyl (C=O) groups is 1. The standard InChI is InChI=1S/C16H25N3O/c1-4-18(5-2)16(20)15-12-14(6-9-17-15)19-10-7-13(3)8-11-19/h6,9,12-13H,4-5,7-8,10-11H2,1-3H3. The number of carbonyl (C=O) groups excluding carboxylic acids is 1. The minimum Gasteiger partial charge on any atom is -0.371 e. The van der Waals surface area contributed by atoms with Gasteiger partial charge in [-0.05, 0) is 44.7 Å². The molecule has 110 valence electrons. The van der Waals surface area contributed by atoms with E-state index in [1.165, 1.54) is 12.8 Å². The average molecular weight is 275 g/mol. The van der Waals surface area contributed by atoms with Crippen molar-refractivity contribution in [3.8, 4) is 0 Å². The molecule has 4 heteroatoms. The Kier molecular flexibility index (Phi) is 4.99. The molecule has 0 N–H and O–H groups in total. The molecular weight excluding hydrogens is 250 g/mol. The van der Waals surface area contributed by atoms with Crippen LogP contribution in [0.15, 0.2) is 18.3 Å². The molecule has 0 atom stereocenters. The Morgan fingerprint density at radius 2 is 2.00 bits per heavy atom. The Morgan fingerprint density at radius 3 is 2.60 bits per heavy atom. The molecule has 0 spiro atoms. The van der Waals surface area contributed by atoms with E-state index < -0.39 is 0 Å². The first-order valence-electron chi connectivity index (χ1n) is 7.66. The monoisotopic (exact) mass is 275 g/mol. The highest BCUT2D eigenvalue weighted by molar-refractivity contribution is 5.93. The summed E-state index contributed by atoms with van der Waals surface area (Å²) in [5.41, 5.74) is 1.69. The lowest BCUT2D eigenvalue weighted by Crippen LogP contribution is -2.34. The number of piperidine rings is 1. The fraction of sp³-hybridized carbons (Fsp3) is 0.625. The van der Waals surface area contributed by atoms with Gasteiger partial charge in [0.2, 0.25) is 0 Å². The van der Waals surface area contributed by atoms with E-state index in [1.807, 2.05) is 30.9 Å². The molecule has 0 aliphatic carbocycles. The zero-order valence-electron chi connectivity index (χ0n) is 12.8. The molecule has 1 aliphatic heterocycles. The van der Waals surface area contributed by atoms with Crippen LogP contribution in [0.2, 0.25) is 0 Å². The molecule has 20 heavy (non-hydrogen) atoms. The van der Waals surface area contributed by atoms with Gasteiger partial charge in [-0.25, -0.2) is 0 Å². The zero-order chi connectivity index (χ0) is 14.5. The summed E-state index contributed by atoms with van der Waals surface area (Å²) in [5.74, 6) is 0.840. The number of amides is 1. The third-order valence-corrected chi connectivity index (χ3v) is 4.16. The van der Waals surface area contributed by atoms with Crippen LogP contribution in [0.25, 0.3) is 0 Å². The summed E-state index contributed by atoms with van der Waals surface area (Å²) >= 11 is 0. The minimum absolute atomic E-state index is 0.0298. The molecule has 1 amide bonds. The maximum Gasteiger partial charge on any atom is 0.272 e. The number of hydrogen-bond acceptors (Lipinski definition) is 3. The summed E-state index contributed by atoms with van der Waals surface area (Å²) in [6.07, 6.45) is 4.20. The molecule has 0 radical (unpaired) electrons. The van der Waals surface area contributed by atoms with Gasteiger partial charge < -0.3 is 9.80 Å². The second-order valence-corrected chi connectivity index (χ2v) is 5.55. The van der Waals surface area contributed by atoms with Crippen LogP contribution in [0.5, 0.6) is 0 Å². The van der Waals surface area contributed by atoms with E-state index in [9.17, 15) is 4.79 Å². The van der Waals surface area contributed by atoms with Crippen LogP contribution >= 0.6 is 0 Å². The largest absolute Gasteiger partial charge is 0.371 e. The minimum atomic E-state index is 0.0298. The van der Waals surface area contributed by atoms with Gasteiger partial charge in [-0.2, -0.15) is 0 Å². The van der Waals surface area contributed by atoms with E-state index in [0.717, 1.165) is 37.8 Å². The fourth-order valence-electron chi connectivity index (χ4n) is 2.67. The topological polar surface area (TPSA) is 36.4 Å². The van der Waals surface area contributed by atoms with E-state index in [0.29, 0.717) is 5.69 Å². The first-order chi connectivity index (χ1) is 9.65. The maximum atomic E-state index is 12.3. The molecule has 1 saturated heterocycles. The lowest BCUT2D eigenvalue weighted by Gasteiger charge is -2.32. The predicted molar refractivity (Wildman–Crippen MR) is 82.1 cm³/mol. The van der Waals surface area contributed by atoms with Crippen molar-refractivity contribution in [2.75, 3.05) is 31.1 Å². The smallest absolute Gasteiger partial charge is 0.272 e. The summed E-state index contributed by atoms with van der Waals surface area (Å²) in [4.78, 5) is 20.8. The van der Waals surface area contributed by atoms with E-state index >= 15 is 0 Å². The van der Waals surface area contributed by atoms with E-state index in [-0.39, 0.29) is 5.91 Å². The van der Waals surface area contributed by atoms with Crippen molar-refractivity contribution in [1.82, 2.24) is 9.88 Å². The van der Waals surface area contributed by atoms with Gasteiger partial charge in [0.05, 0.1) is 0 Å². The first kappa shape index (κ1) is 14.8.